The number of imidazole rings is 1. The minimum Gasteiger partial charge on any atom is -0.466 e. The molecule has 0 spiro atoms. The van der Waals surface area contributed by atoms with Gasteiger partial charge >= 0.3 is 5.97 Å². The molecule has 0 radical (unpaired) electrons. The van der Waals surface area contributed by atoms with E-state index in [1.54, 1.807) is 6.20 Å². The summed E-state index contributed by atoms with van der Waals surface area (Å²) in [6.07, 6.45) is 3.57. The fourth-order valence-corrected chi connectivity index (χ4v) is 1.56. The minimum absolute atomic E-state index is 0.100. The molecule has 1 aromatic rings. The van der Waals surface area contributed by atoms with E-state index in [0.29, 0.717) is 19.7 Å². The van der Waals surface area contributed by atoms with Gasteiger partial charge < -0.3 is 14.6 Å². The van der Waals surface area contributed by atoms with Crippen LogP contribution in [0.5, 0.6) is 0 Å². The number of ether oxygens (including phenoxy) is 1. The van der Waals surface area contributed by atoms with Gasteiger partial charge in [-0.2, -0.15) is 0 Å². The van der Waals surface area contributed by atoms with E-state index in [-0.39, 0.29) is 11.9 Å². The maximum absolute atomic E-state index is 11.4. The van der Waals surface area contributed by atoms with Crippen molar-refractivity contribution >= 4 is 11.9 Å². The van der Waals surface area contributed by atoms with E-state index in [1.807, 2.05) is 17.7 Å². The van der Waals surface area contributed by atoms with Crippen LogP contribution in [-0.4, -0.2) is 28.7 Å². The summed E-state index contributed by atoms with van der Waals surface area (Å²) in [7, 11) is 0. The van der Waals surface area contributed by atoms with E-state index in [2.05, 4.69) is 10.3 Å². The second-order valence-electron chi connectivity index (χ2n) is 3.23. The molecule has 1 unspecified atom stereocenters. The summed E-state index contributed by atoms with van der Waals surface area (Å²) in [5.74, 6) is 0.585. The van der Waals surface area contributed by atoms with Gasteiger partial charge in [-0.05, 0) is 6.92 Å². The highest BCUT2D eigenvalue weighted by molar-refractivity contribution is 5.73. The smallest absolute Gasteiger partial charge is 0.312 e. The van der Waals surface area contributed by atoms with E-state index >= 15 is 0 Å². The first-order valence-corrected chi connectivity index (χ1v) is 4.73. The molecule has 0 aromatic carbocycles. The largest absolute Gasteiger partial charge is 0.466 e. The van der Waals surface area contributed by atoms with E-state index in [4.69, 9.17) is 4.74 Å². The molecule has 1 N–H and O–H groups in total. The Bertz CT molecular complexity index is 335. The van der Waals surface area contributed by atoms with Crippen LogP contribution >= 0.6 is 0 Å². The Hall–Kier alpha value is -1.52. The maximum Gasteiger partial charge on any atom is 0.312 e. The first-order valence-electron chi connectivity index (χ1n) is 4.73. The first-order chi connectivity index (χ1) is 6.81. The Kier molecular flexibility index (Phi) is 2.39. The lowest BCUT2D eigenvalue weighted by Crippen LogP contribution is -2.34. The standard InChI is InChI=1S/C9H13N3O2/c1-2-14-8(13)7-5-11-9-10-3-4-12(9)6-7/h3-4,7H,2,5-6H2,1H3,(H,10,11). The quantitative estimate of drug-likeness (QED) is 0.698. The molecule has 0 bridgehead atoms. The molecule has 14 heavy (non-hydrogen) atoms. The Labute approximate surface area is 82.1 Å². The molecule has 5 nitrogen and oxygen atoms in total. The van der Waals surface area contributed by atoms with Crippen LogP contribution in [0.1, 0.15) is 6.92 Å². The summed E-state index contributed by atoms with van der Waals surface area (Å²) in [5, 5.41) is 3.08. The fourth-order valence-electron chi connectivity index (χ4n) is 1.56. The number of hydrogen-bond acceptors (Lipinski definition) is 4. The van der Waals surface area contributed by atoms with Crippen LogP contribution in [0.15, 0.2) is 12.4 Å². The lowest BCUT2D eigenvalue weighted by atomic mass is 10.1. The summed E-state index contributed by atoms with van der Waals surface area (Å²) >= 11 is 0. The molecule has 76 valence electrons. The zero-order valence-electron chi connectivity index (χ0n) is 8.06. The second-order valence-corrected chi connectivity index (χ2v) is 3.23. The molecule has 0 saturated heterocycles. The normalized spacial score (nSPS) is 19.6. The van der Waals surface area contributed by atoms with Crippen molar-refractivity contribution in [1.82, 2.24) is 9.55 Å². The summed E-state index contributed by atoms with van der Waals surface area (Å²) in [5.41, 5.74) is 0. The third kappa shape index (κ3) is 1.57. The Morgan fingerprint density at radius 1 is 1.86 bits per heavy atom. The number of esters is 1. The van der Waals surface area contributed by atoms with Crippen molar-refractivity contribution < 1.29 is 9.53 Å². The number of carbonyl (C=O) groups excluding carboxylic acids is 1. The van der Waals surface area contributed by atoms with Gasteiger partial charge in [-0.15, -0.1) is 0 Å². The van der Waals surface area contributed by atoms with Crippen molar-refractivity contribution in [2.45, 2.75) is 13.5 Å². The van der Waals surface area contributed by atoms with E-state index in [1.165, 1.54) is 0 Å². The Morgan fingerprint density at radius 2 is 2.71 bits per heavy atom. The first kappa shape index (κ1) is 9.05. The zero-order valence-corrected chi connectivity index (χ0v) is 8.06. The monoisotopic (exact) mass is 195 g/mol. The van der Waals surface area contributed by atoms with Crippen LogP contribution in [0.2, 0.25) is 0 Å². The number of nitrogens with zero attached hydrogens (tertiary/aromatic N) is 2. The van der Waals surface area contributed by atoms with Gasteiger partial charge in [0.05, 0.1) is 12.5 Å². The third-order valence-electron chi connectivity index (χ3n) is 2.26. The van der Waals surface area contributed by atoms with Crippen LogP contribution in [0.25, 0.3) is 0 Å². The molecule has 0 amide bonds. The summed E-state index contributed by atoms with van der Waals surface area (Å²) in [6.45, 7) is 3.51. The van der Waals surface area contributed by atoms with Gasteiger partial charge in [0.1, 0.15) is 0 Å². The number of carbonyl (C=O) groups is 1. The SMILES string of the molecule is CCOC(=O)C1CNc2nccn2C1. The van der Waals surface area contributed by atoms with Gasteiger partial charge in [-0.1, -0.05) is 0 Å². The molecule has 1 atom stereocenters. The highest BCUT2D eigenvalue weighted by atomic mass is 16.5. The lowest BCUT2D eigenvalue weighted by molar-refractivity contribution is -0.148. The molecule has 2 heterocycles. The lowest BCUT2D eigenvalue weighted by Gasteiger charge is -2.23. The zero-order chi connectivity index (χ0) is 9.97. The highest BCUT2D eigenvalue weighted by Crippen LogP contribution is 2.16. The Morgan fingerprint density at radius 3 is 3.50 bits per heavy atom. The van der Waals surface area contributed by atoms with Crippen LogP contribution in [0.3, 0.4) is 0 Å². The van der Waals surface area contributed by atoms with Crippen molar-refractivity contribution in [2.24, 2.45) is 5.92 Å². The molecule has 0 fully saturated rings. The van der Waals surface area contributed by atoms with Gasteiger partial charge in [0.25, 0.3) is 0 Å². The topological polar surface area (TPSA) is 56.1 Å². The van der Waals surface area contributed by atoms with Crippen molar-refractivity contribution in [3.05, 3.63) is 12.4 Å². The number of rotatable bonds is 2. The summed E-state index contributed by atoms with van der Waals surface area (Å²) in [6, 6.07) is 0. The summed E-state index contributed by atoms with van der Waals surface area (Å²) < 4.78 is 6.88. The average Bonchev–Trinajstić information content (AvgIpc) is 2.64. The van der Waals surface area contributed by atoms with Gasteiger partial charge in [-0.3, -0.25) is 4.79 Å². The number of nitrogens with one attached hydrogen (secondary N) is 1. The minimum atomic E-state index is -0.139. The second kappa shape index (κ2) is 3.69. The number of hydrogen-bond donors (Lipinski definition) is 1. The molecule has 1 aliphatic rings. The average molecular weight is 195 g/mol. The maximum atomic E-state index is 11.4. The van der Waals surface area contributed by atoms with Gasteiger partial charge in [0.2, 0.25) is 5.95 Å². The van der Waals surface area contributed by atoms with Crippen LogP contribution in [0.4, 0.5) is 5.95 Å². The van der Waals surface area contributed by atoms with Crippen molar-refractivity contribution in [3.8, 4) is 0 Å². The number of aromatic nitrogens is 2. The van der Waals surface area contributed by atoms with E-state index < -0.39 is 0 Å². The molecule has 1 aliphatic heterocycles. The highest BCUT2D eigenvalue weighted by Gasteiger charge is 2.25. The fraction of sp³-hybridized carbons (Fsp3) is 0.556. The van der Waals surface area contributed by atoms with Crippen LogP contribution < -0.4 is 5.32 Å². The van der Waals surface area contributed by atoms with E-state index in [0.717, 1.165) is 5.95 Å². The number of anilines is 1. The van der Waals surface area contributed by atoms with Crippen molar-refractivity contribution in [1.29, 1.82) is 0 Å². The molecule has 0 saturated carbocycles. The third-order valence-corrected chi connectivity index (χ3v) is 2.26. The molecular formula is C9H13N3O2. The van der Waals surface area contributed by atoms with Gasteiger partial charge in [0.15, 0.2) is 0 Å². The van der Waals surface area contributed by atoms with Crippen molar-refractivity contribution in [3.63, 3.8) is 0 Å². The molecule has 2 rings (SSSR count). The van der Waals surface area contributed by atoms with Gasteiger partial charge in [0, 0.05) is 25.5 Å². The van der Waals surface area contributed by atoms with E-state index in [9.17, 15) is 4.79 Å². The molecule has 5 heteroatoms. The number of fused-ring (bicyclic) bond motifs is 1. The Balaban J connectivity index is 2.04. The van der Waals surface area contributed by atoms with Gasteiger partial charge in [-0.25, -0.2) is 4.98 Å². The van der Waals surface area contributed by atoms with Crippen molar-refractivity contribution in [2.75, 3.05) is 18.5 Å². The predicted octanol–water partition coefficient (Wildman–Crippen LogP) is 0.488. The molecule has 1 aromatic heterocycles. The summed E-state index contributed by atoms with van der Waals surface area (Å²) in [4.78, 5) is 15.5. The predicted molar refractivity (Wildman–Crippen MR) is 50.8 cm³/mol. The van der Waals surface area contributed by atoms with Crippen LogP contribution in [0, 0.1) is 5.92 Å². The molecular weight excluding hydrogens is 182 g/mol. The van der Waals surface area contributed by atoms with Crippen LogP contribution in [-0.2, 0) is 16.1 Å². The molecule has 0 aliphatic carbocycles.